The molecule has 1 aliphatic rings. The Bertz CT molecular complexity index is 1240. The van der Waals surface area contributed by atoms with Crippen molar-refractivity contribution in [3.8, 4) is 5.75 Å². The summed E-state index contributed by atoms with van der Waals surface area (Å²) in [4.78, 5) is 26.6. The van der Waals surface area contributed by atoms with Gasteiger partial charge in [-0.15, -0.1) is 0 Å². The number of hydrogen-bond donors (Lipinski definition) is 5. The molecule has 0 aliphatic heterocycles. The molecule has 0 atom stereocenters. The quantitative estimate of drug-likeness (QED) is 0.149. The molecule has 0 saturated heterocycles. The zero-order valence-corrected chi connectivity index (χ0v) is 24.2. The van der Waals surface area contributed by atoms with Crippen molar-refractivity contribution >= 4 is 29.4 Å². The lowest BCUT2D eigenvalue weighted by molar-refractivity contribution is 0.0511. The fourth-order valence-electron chi connectivity index (χ4n) is 4.54. The van der Waals surface area contributed by atoms with Gasteiger partial charge < -0.3 is 41.2 Å². The van der Waals surface area contributed by atoms with E-state index in [9.17, 15) is 4.79 Å². The van der Waals surface area contributed by atoms with E-state index in [1.807, 2.05) is 36.4 Å². The van der Waals surface area contributed by atoms with Gasteiger partial charge in [0.25, 0.3) is 5.91 Å². The van der Waals surface area contributed by atoms with Crippen LogP contribution in [-0.4, -0.2) is 73.5 Å². The molecule has 0 bridgehead atoms. The Kier molecular flexibility index (Phi) is 12.6. The van der Waals surface area contributed by atoms with Crippen LogP contribution in [0.5, 0.6) is 5.75 Å². The molecule has 1 saturated carbocycles. The molecule has 4 rings (SSSR count). The standard InChI is InChI=1S/C30H42N8O4/c1-40-26-12-10-22(11-13-26)21-33-28-36-29(34-24-7-3-2-4-8-24)38-30(37-28)35-25-9-5-6-23(20-25)27(39)32-15-17-42-19-18-41-16-14-31/h5-6,9-13,20,24H,2-4,7-8,14-19,21,31H2,1H3,(H,32,39)(H3,33,34,35,36,37,38). The maximum atomic E-state index is 12.7. The lowest BCUT2D eigenvalue weighted by Crippen LogP contribution is -2.27. The van der Waals surface area contributed by atoms with Crippen LogP contribution in [0, 0.1) is 0 Å². The van der Waals surface area contributed by atoms with Gasteiger partial charge in [-0.25, -0.2) is 0 Å². The van der Waals surface area contributed by atoms with Crippen LogP contribution in [0.3, 0.4) is 0 Å². The van der Waals surface area contributed by atoms with E-state index in [-0.39, 0.29) is 5.91 Å². The van der Waals surface area contributed by atoms with E-state index in [0.717, 1.165) is 24.2 Å². The number of hydrogen-bond acceptors (Lipinski definition) is 11. The summed E-state index contributed by atoms with van der Waals surface area (Å²) >= 11 is 0. The summed E-state index contributed by atoms with van der Waals surface area (Å²) in [5.41, 5.74) is 7.65. The van der Waals surface area contributed by atoms with Crippen molar-refractivity contribution in [2.75, 3.05) is 62.6 Å². The Morgan fingerprint density at radius 2 is 1.64 bits per heavy atom. The number of nitrogens with zero attached hydrogens (tertiary/aromatic N) is 3. The monoisotopic (exact) mass is 578 g/mol. The number of benzene rings is 2. The molecule has 1 heterocycles. The number of aromatic nitrogens is 3. The maximum absolute atomic E-state index is 12.7. The summed E-state index contributed by atoms with van der Waals surface area (Å²) in [5.74, 6) is 1.95. The Hall–Kier alpha value is -4.00. The number of methoxy groups -OCH3 is 1. The normalized spacial score (nSPS) is 13.4. The van der Waals surface area contributed by atoms with Crippen molar-refractivity contribution in [2.45, 2.75) is 44.7 Å². The van der Waals surface area contributed by atoms with Crippen LogP contribution < -0.4 is 31.7 Å². The van der Waals surface area contributed by atoms with Gasteiger partial charge >= 0.3 is 0 Å². The van der Waals surface area contributed by atoms with Gasteiger partial charge in [-0.3, -0.25) is 4.79 Å². The summed E-state index contributed by atoms with van der Waals surface area (Å²) in [7, 11) is 1.65. The Balaban J connectivity index is 1.38. The molecule has 1 amide bonds. The van der Waals surface area contributed by atoms with Crippen LogP contribution in [0.15, 0.2) is 48.5 Å². The zero-order chi connectivity index (χ0) is 29.4. The maximum Gasteiger partial charge on any atom is 0.251 e. The second kappa shape index (κ2) is 17.1. The summed E-state index contributed by atoms with van der Waals surface area (Å²) in [6.07, 6.45) is 5.83. The molecular weight excluding hydrogens is 536 g/mol. The highest BCUT2D eigenvalue weighted by molar-refractivity contribution is 5.95. The van der Waals surface area contributed by atoms with Crippen LogP contribution in [0.2, 0.25) is 0 Å². The summed E-state index contributed by atoms with van der Waals surface area (Å²) in [6, 6.07) is 15.4. The summed E-state index contributed by atoms with van der Waals surface area (Å²) in [6.45, 7) is 3.25. The summed E-state index contributed by atoms with van der Waals surface area (Å²) in [5, 5.41) is 12.9. The molecule has 1 fully saturated rings. The van der Waals surface area contributed by atoms with Gasteiger partial charge in [0, 0.05) is 36.9 Å². The lowest BCUT2D eigenvalue weighted by Gasteiger charge is -2.23. The van der Waals surface area contributed by atoms with Crippen molar-refractivity contribution < 1.29 is 19.0 Å². The molecule has 0 radical (unpaired) electrons. The van der Waals surface area contributed by atoms with Crippen LogP contribution in [-0.2, 0) is 16.0 Å². The Morgan fingerprint density at radius 3 is 2.40 bits per heavy atom. The smallest absolute Gasteiger partial charge is 0.251 e. The summed E-state index contributed by atoms with van der Waals surface area (Å²) < 4.78 is 16.0. The van der Waals surface area contributed by atoms with Crippen LogP contribution in [0.1, 0.15) is 48.0 Å². The number of amides is 1. The van der Waals surface area contributed by atoms with Crippen LogP contribution in [0.25, 0.3) is 0 Å². The Labute approximate surface area is 247 Å². The number of nitrogens with one attached hydrogen (secondary N) is 4. The predicted octanol–water partition coefficient (Wildman–Crippen LogP) is 3.70. The van der Waals surface area contributed by atoms with Crippen molar-refractivity contribution in [2.24, 2.45) is 5.73 Å². The molecule has 2 aromatic carbocycles. The molecule has 1 aromatic heterocycles. The minimum atomic E-state index is -0.196. The van der Waals surface area contributed by atoms with E-state index in [1.165, 1.54) is 19.3 Å². The minimum absolute atomic E-state index is 0.196. The second-order valence-electron chi connectivity index (χ2n) is 9.96. The van der Waals surface area contributed by atoms with E-state index in [4.69, 9.17) is 19.9 Å². The third-order valence-corrected chi connectivity index (χ3v) is 6.73. The van der Waals surface area contributed by atoms with Crippen molar-refractivity contribution in [1.29, 1.82) is 0 Å². The van der Waals surface area contributed by atoms with Gasteiger partial charge in [-0.1, -0.05) is 37.5 Å². The van der Waals surface area contributed by atoms with Crippen molar-refractivity contribution in [3.63, 3.8) is 0 Å². The molecule has 1 aliphatic carbocycles. The third-order valence-electron chi connectivity index (χ3n) is 6.73. The van der Waals surface area contributed by atoms with Crippen LogP contribution in [0.4, 0.5) is 23.5 Å². The predicted molar refractivity (Wildman–Crippen MR) is 163 cm³/mol. The van der Waals surface area contributed by atoms with E-state index >= 15 is 0 Å². The average molecular weight is 579 g/mol. The van der Waals surface area contributed by atoms with Crippen molar-refractivity contribution in [1.82, 2.24) is 20.3 Å². The van der Waals surface area contributed by atoms with Gasteiger partial charge in [0.1, 0.15) is 5.75 Å². The van der Waals surface area contributed by atoms with Gasteiger partial charge in [0.05, 0.1) is 33.5 Å². The molecule has 0 spiro atoms. The molecule has 226 valence electrons. The number of carbonyl (C=O) groups is 1. The van der Waals surface area contributed by atoms with Crippen LogP contribution >= 0.6 is 0 Å². The number of ether oxygens (including phenoxy) is 3. The van der Waals surface area contributed by atoms with Gasteiger partial charge in [0.15, 0.2) is 0 Å². The Morgan fingerprint density at radius 1 is 0.905 bits per heavy atom. The fraction of sp³-hybridized carbons (Fsp3) is 0.467. The molecule has 0 unspecified atom stereocenters. The number of rotatable bonds is 17. The highest BCUT2D eigenvalue weighted by Crippen LogP contribution is 2.23. The topological polar surface area (TPSA) is 158 Å². The van der Waals surface area contributed by atoms with E-state index in [0.29, 0.717) is 81.2 Å². The van der Waals surface area contributed by atoms with E-state index in [2.05, 4.69) is 36.2 Å². The number of carbonyl (C=O) groups excluding carboxylic acids is 1. The van der Waals surface area contributed by atoms with Gasteiger partial charge in [0.2, 0.25) is 17.8 Å². The molecule has 6 N–H and O–H groups in total. The minimum Gasteiger partial charge on any atom is -0.497 e. The lowest BCUT2D eigenvalue weighted by atomic mass is 9.96. The SMILES string of the molecule is COc1ccc(CNc2nc(Nc3cccc(C(=O)NCCOCCOCCN)c3)nc(NC3CCCCC3)n2)cc1. The van der Waals surface area contributed by atoms with Gasteiger partial charge in [-0.2, -0.15) is 15.0 Å². The first kappa shape index (κ1) is 30.9. The highest BCUT2D eigenvalue weighted by atomic mass is 16.5. The third kappa shape index (κ3) is 10.4. The molecule has 3 aromatic rings. The van der Waals surface area contributed by atoms with Crippen molar-refractivity contribution in [3.05, 3.63) is 59.7 Å². The first-order valence-corrected chi connectivity index (χ1v) is 14.5. The fourth-order valence-corrected chi connectivity index (χ4v) is 4.54. The van der Waals surface area contributed by atoms with E-state index < -0.39 is 0 Å². The molecule has 12 nitrogen and oxygen atoms in total. The largest absolute Gasteiger partial charge is 0.497 e. The van der Waals surface area contributed by atoms with Gasteiger partial charge in [-0.05, 0) is 48.7 Å². The first-order chi connectivity index (χ1) is 20.6. The van der Waals surface area contributed by atoms with E-state index in [1.54, 1.807) is 19.2 Å². The molecule has 12 heteroatoms. The highest BCUT2D eigenvalue weighted by Gasteiger charge is 2.16. The molecule has 42 heavy (non-hydrogen) atoms. The number of nitrogens with two attached hydrogens (primary N) is 1. The second-order valence-corrected chi connectivity index (χ2v) is 9.96. The zero-order valence-electron chi connectivity index (χ0n) is 24.2. The first-order valence-electron chi connectivity index (χ1n) is 14.5. The molecular formula is C30H42N8O4. The average Bonchev–Trinajstić information content (AvgIpc) is 3.02. The number of anilines is 4.